The first-order valence-corrected chi connectivity index (χ1v) is 15.7. The van der Waals surface area contributed by atoms with Gasteiger partial charge in [-0.15, -0.1) is 0 Å². The van der Waals surface area contributed by atoms with Crippen molar-refractivity contribution in [1.82, 2.24) is 4.57 Å². The van der Waals surface area contributed by atoms with Crippen LogP contribution in [0.1, 0.15) is 37.2 Å². The van der Waals surface area contributed by atoms with Crippen LogP contribution < -0.4 is 4.90 Å². The van der Waals surface area contributed by atoms with Gasteiger partial charge >= 0.3 is 0 Å². The maximum absolute atomic E-state index is 6.32. The molecule has 9 rings (SSSR count). The van der Waals surface area contributed by atoms with Crippen molar-refractivity contribution in [1.29, 1.82) is 0 Å². The normalized spacial score (nSPS) is 13.9. The Bertz CT molecular complexity index is 2230. The summed E-state index contributed by atoms with van der Waals surface area (Å²) in [5, 5.41) is 4.84. The number of nitrogens with zero attached hydrogens (tertiary/aromatic N) is 2. The lowest BCUT2D eigenvalue weighted by molar-refractivity contribution is 0.669. The van der Waals surface area contributed by atoms with Crippen molar-refractivity contribution in [2.75, 3.05) is 4.90 Å². The van der Waals surface area contributed by atoms with Gasteiger partial charge in [-0.1, -0.05) is 79.6 Å². The van der Waals surface area contributed by atoms with Crippen LogP contribution in [0.25, 0.3) is 49.4 Å². The molecule has 0 saturated heterocycles. The second kappa shape index (κ2) is 10.2. The Morgan fingerprint density at radius 3 is 1.73 bits per heavy atom. The summed E-state index contributed by atoms with van der Waals surface area (Å²) in [5.74, 6) is 0.690. The van der Waals surface area contributed by atoms with Crippen LogP contribution in [-0.2, 0) is 0 Å². The van der Waals surface area contributed by atoms with Gasteiger partial charge in [0.1, 0.15) is 11.2 Å². The molecule has 0 unspecified atom stereocenters. The summed E-state index contributed by atoms with van der Waals surface area (Å²) in [4.78, 5) is 2.35. The molecule has 1 fully saturated rings. The van der Waals surface area contributed by atoms with Crippen molar-refractivity contribution in [3.05, 3.63) is 145 Å². The second-order valence-corrected chi connectivity index (χ2v) is 12.1. The molecule has 0 spiro atoms. The SMILES string of the molecule is c1ccc2c(c1)oc1cc(N(c3ccc(C4CCCC4)cc3)c3ccc(-n4c5ccccc5c5ccccc54)cc3)ccc12. The summed E-state index contributed by atoms with van der Waals surface area (Å²) >= 11 is 0. The number of para-hydroxylation sites is 3. The lowest BCUT2D eigenvalue weighted by Gasteiger charge is -2.26. The molecule has 0 N–H and O–H groups in total. The number of aromatic nitrogens is 1. The third-order valence-corrected chi connectivity index (χ3v) is 9.54. The molecule has 212 valence electrons. The Morgan fingerprint density at radius 2 is 1.05 bits per heavy atom. The first kappa shape index (κ1) is 25.2. The highest BCUT2D eigenvalue weighted by atomic mass is 16.3. The maximum Gasteiger partial charge on any atom is 0.137 e. The molecule has 0 amide bonds. The average molecular weight is 569 g/mol. The minimum absolute atomic E-state index is 0.690. The predicted octanol–water partition coefficient (Wildman–Crippen LogP) is 11.8. The first-order valence-electron chi connectivity index (χ1n) is 15.7. The molecule has 0 bridgehead atoms. The van der Waals surface area contributed by atoms with Gasteiger partial charge in [0.05, 0.1) is 11.0 Å². The smallest absolute Gasteiger partial charge is 0.137 e. The van der Waals surface area contributed by atoms with E-state index in [1.165, 1.54) is 53.1 Å². The zero-order valence-corrected chi connectivity index (χ0v) is 24.5. The van der Waals surface area contributed by atoms with E-state index < -0.39 is 0 Å². The molecule has 1 aliphatic rings. The minimum Gasteiger partial charge on any atom is -0.456 e. The Labute approximate surface area is 256 Å². The fourth-order valence-electron chi connectivity index (χ4n) is 7.41. The number of benzene rings is 6. The topological polar surface area (TPSA) is 21.3 Å². The molecular formula is C41H32N2O. The van der Waals surface area contributed by atoms with Gasteiger partial charge in [-0.25, -0.2) is 0 Å². The van der Waals surface area contributed by atoms with E-state index in [1.54, 1.807) is 0 Å². The largest absolute Gasteiger partial charge is 0.456 e. The van der Waals surface area contributed by atoms with Crippen molar-refractivity contribution in [3.8, 4) is 5.69 Å². The Kier molecular flexibility index (Phi) is 5.83. The van der Waals surface area contributed by atoms with E-state index in [9.17, 15) is 0 Å². The molecule has 1 saturated carbocycles. The first-order chi connectivity index (χ1) is 21.8. The van der Waals surface area contributed by atoms with Crippen LogP contribution in [0.2, 0.25) is 0 Å². The summed E-state index contributed by atoms with van der Waals surface area (Å²) in [5.41, 5.74) is 10.2. The van der Waals surface area contributed by atoms with E-state index in [4.69, 9.17) is 4.42 Å². The third kappa shape index (κ3) is 4.04. The number of hydrogen-bond donors (Lipinski definition) is 0. The van der Waals surface area contributed by atoms with Crippen molar-refractivity contribution in [2.45, 2.75) is 31.6 Å². The van der Waals surface area contributed by atoms with Crippen molar-refractivity contribution < 1.29 is 4.42 Å². The molecule has 2 aromatic heterocycles. The number of rotatable bonds is 5. The molecule has 8 aromatic rings. The molecule has 0 radical (unpaired) electrons. The monoisotopic (exact) mass is 568 g/mol. The maximum atomic E-state index is 6.32. The lowest BCUT2D eigenvalue weighted by Crippen LogP contribution is -2.10. The summed E-state index contributed by atoms with van der Waals surface area (Å²) in [6.45, 7) is 0. The van der Waals surface area contributed by atoms with Crippen LogP contribution in [0, 0.1) is 0 Å². The molecule has 2 heterocycles. The molecule has 3 nitrogen and oxygen atoms in total. The van der Waals surface area contributed by atoms with Crippen molar-refractivity contribution in [2.24, 2.45) is 0 Å². The Balaban J connectivity index is 1.17. The van der Waals surface area contributed by atoms with Gasteiger partial charge in [-0.3, -0.25) is 0 Å². The van der Waals surface area contributed by atoms with E-state index in [1.807, 2.05) is 12.1 Å². The molecule has 3 heteroatoms. The van der Waals surface area contributed by atoms with E-state index in [-0.39, 0.29) is 0 Å². The van der Waals surface area contributed by atoms with Crippen LogP contribution in [0.5, 0.6) is 0 Å². The van der Waals surface area contributed by atoms with Crippen LogP contribution in [0.4, 0.5) is 17.1 Å². The lowest BCUT2D eigenvalue weighted by atomic mass is 9.97. The van der Waals surface area contributed by atoms with Crippen LogP contribution in [0.3, 0.4) is 0 Å². The summed E-state index contributed by atoms with van der Waals surface area (Å²) < 4.78 is 8.69. The van der Waals surface area contributed by atoms with Gasteiger partial charge < -0.3 is 13.9 Å². The highest BCUT2D eigenvalue weighted by Gasteiger charge is 2.20. The molecule has 0 atom stereocenters. The fraction of sp³-hybridized carbons (Fsp3) is 0.122. The van der Waals surface area contributed by atoms with Gasteiger partial charge in [0.15, 0.2) is 0 Å². The highest BCUT2D eigenvalue weighted by Crippen LogP contribution is 2.41. The second-order valence-electron chi connectivity index (χ2n) is 12.1. The molecule has 44 heavy (non-hydrogen) atoms. The van der Waals surface area contributed by atoms with Gasteiger partial charge in [0.2, 0.25) is 0 Å². The average Bonchev–Trinajstić information content (AvgIpc) is 3.82. The van der Waals surface area contributed by atoms with Gasteiger partial charge in [-0.05, 0) is 91.1 Å². The number of anilines is 3. The van der Waals surface area contributed by atoms with E-state index in [0.29, 0.717) is 5.92 Å². The van der Waals surface area contributed by atoms with Crippen LogP contribution in [-0.4, -0.2) is 4.57 Å². The fourth-order valence-corrected chi connectivity index (χ4v) is 7.41. The van der Waals surface area contributed by atoms with Crippen molar-refractivity contribution in [3.63, 3.8) is 0 Å². The van der Waals surface area contributed by atoms with Gasteiger partial charge in [0.25, 0.3) is 0 Å². The highest BCUT2D eigenvalue weighted by molar-refractivity contribution is 6.09. The van der Waals surface area contributed by atoms with E-state index in [0.717, 1.165) is 44.7 Å². The minimum atomic E-state index is 0.690. The van der Waals surface area contributed by atoms with Crippen LogP contribution >= 0.6 is 0 Å². The summed E-state index contributed by atoms with van der Waals surface area (Å²) in [6, 6.07) is 50.4. The van der Waals surface area contributed by atoms with Gasteiger partial charge in [-0.2, -0.15) is 0 Å². The van der Waals surface area contributed by atoms with Gasteiger partial charge in [0, 0.05) is 50.4 Å². The molecular weight excluding hydrogens is 536 g/mol. The third-order valence-electron chi connectivity index (χ3n) is 9.54. The van der Waals surface area contributed by atoms with E-state index in [2.05, 4.69) is 137 Å². The zero-order chi connectivity index (χ0) is 29.0. The molecule has 0 aliphatic heterocycles. The number of furan rings is 1. The summed E-state index contributed by atoms with van der Waals surface area (Å²) in [6.07, 6.45) is 5.29. The number of hydrogen-bond acceptors (Lipinski definition) is 2. The molecule has 6 aromatic carbocycles. The quantitative estimate of drug-likeness (QED) is 0.206. The zero-order valence-electron chi connectivity index (χ0n) is 24.5. The van der Waals surface area contributed by atoms with Crippen molar-refractivity contribution >= 4 is 60.8 Å². The van der Waals surface area contributed by atoms with Crippen LogP contribution in [0.15, 0.2) is 144 Å². The standard InChI is InChI=1S/C41H32N2O/c1-2-10-28(9-1)29-17-19-30(20-18-29)42(33-25-26-37-36-13-5-8-16-40(36)44-41(37)27-33)31-21-23-32(24-22-31)43-38-14-6-3-11-34(38)35-12-4-7-15-39(35)43/h3-8,11-28H,1-2,9-10H2. The molecule has 1 aliphatic carbocycles. The predicted molar refractivity (Wildman–Crippen MR) is 184 cm³/mol. The number of fused-ring (bicyclic) bond motifs is 6. The summed E-state index contributed by atoms with van der Waals surface area (Å²) in [7, 11) is 0. The van der Waals surface area contributed by atoms with E-state index >= 15 is 0 Å². The Hall–Kier alpha value is -5.28. The Morgan fingerprint density at radius 1 is 0.500 bits per heavy atom.